The number of carbonyl (C=O) groups excluding carboxylic acids is 1. The smallest absolute Gasteiger partial charge is 0.235 e. The van der Waals surface area contributed by atoms with E-state index in [0.29, 0.717) is 6.54 Å². The molecule has 1 heterocycles. The lowest BCUT2D eigenvalue weighted by Crippen LogP contribution is -2.36. The van der Waals surface area contributed by atoms with Gasteiger partial charge < -0.3 is 10.4 Å². The highest BCUT2D eigenvalue weighted by Gasteiger charge is 2.21. The molecule has 1 aliphatic heterocycles. The average molecular weight is 183 g/mol. The highest BCUT2D eigenvalue weighted by Crippen LogP contribution is 2.07. The van der Waals surface area contributed by atoms with Gasteiger partial charge in [0.1, 0.15) is 6.54 Å². The molecule has 0 aliphatic carbocycles. The fraction of sp³-hybridized carbons (Fsp3) is 0.750. The summed E-state index contributed by atoms with van der Waals surface area (Å²) in [7, 11) is 0. The fourth-order valence-electron chi connectivity index (χ4n) is 1.35. The third kappa shape index (κ3) is 3.40. The lowest BCUT2D eigenvalue weighted by atomic mass is 10.3. The van der Waals surface area contributed by atoms with Gasteiger partial charge in [-0.25, -0.2) is 0 Å². The molecule has 2 N–H and O–H groups in total. The minimum Gasteiger partial charge on any atom is -0.392 e. The Balaban J connectivity index is 2.18. The Morgan fingerprint density at radius 1 is 1.77 bits per heavy atom. The molecule has 1 aliphatic rings. The fourth-order valence-corrected chi connectivity index (χ4v) is 1.35. The first kappa shape index (κ1) is 9.96. The SMILES string of the molecule is N#CCNC(=O)CN1CCC(O)C1. The van der Waals surface area contributed by atoms with Crippen LogP contribution in [0.3, 0.4) is 0 Å². The number of aliphatic hydroxyl groups excluding tert-OH is 1. The molecule has 0 bridgehead atoms. The van der Waals surface area contributed by atoms with E-state index in [4.69, 9.17) is 10.4 Å². The summed E-state index contributed by atoms with van der Waals surface area (Å²) >= 11 is 0. The van der Waals surface area contributed by atoms with Gasteiger partial charge in [0.05, 0.1) is 18.7 Å². The van der Waals surface area contributed by atoms with Gasteiger partial charge in [-0.15, -0.1) is 0 Å². The van der Waals surface area contributed by atoms with Crippen molar-refractivity contribution in [3.63, 3.8) is 0 Å². The number of nitriles is 1. The topological polar surface area (TPSA) is 76.4 Å². The molecular weight excluding hydrogens is 170 g/mol. The van der Waals surface area contributed by atoms with E-state index in [1.807, 2.05) is 11.0 Å². The minimum atomic E-state index is -0.302. The van der Waals surface area contributed by atoms with Crippen LogP contribution in [0.5, 0.6) is 0 Å². The summed E-state index contributed by atoms with van der Waals surface area (Å²) in [5.41, 5.74) is 0. The second-order valence-electron chi connectivity index (χ2n) is 3.11. The molecule has 1 rings (SSSR count). The van der Waals surface area contributed by atoms with Gasteiger partial charge in [0.15, 0.2) is 0 Å². The van der Waals surface area contributed by atoms with E-state index < -0.39 is 0 Å². The average Bonchev–Trinajstić information content (AvgIpc) is 2.48. The Labute approximate surface area is 76.9 Å². The molecule has 72 valence electrons. The zero-order valence-corrected chi connectivity index (χ0v) is 7.36. The van der Waals surface area contributed by atoms with Crippen molar-refractivity contribution in [2.75, 3.05) is 26.2 Å². The summed E-state index contributed by atoms with van der Waals surface area (Å²) in [5, 5.41) is 19.8. The quantitative estimate of drug-likeness (QED) is 0.533. The molecule has 0 aromatic rings. The number of amides is 1. The van der Waals surface area contributed by atoms with Crippen LogP contribution in [0.2, 0.25) is 0 Å². The Bertz CT molecular complexity index is 224. The maximum Gasteiger partial charge on any atom is 0.235 e. The first-order valence-corrected chi connectivity index (χ1v) is 4.26. The molecule has 0 spiro atoms. The van der Waals surface area contributed by atoms with E-state index in [9.17, 15) is 4.79 Å². The summed E-state index contributed by atoms with van der Waals surface area (Å²) in [5.74, 6) is -0.157. The van der Waals surface area contributed by atoms with E-state index in [0.717, 1.165) is 13.0 Å². The van der Waals surface area contributed by atoms with Crippen molar-refractivity contribution in [1.82, 2.24) is 10.2 Å². The third-order valence-electron chi connectivity index (χ3n) is 1.98. The summed E-state index contributed by atoms with van der Waals surface area (Å²) in [6, 6.07) is 1.83. The number of likely N-dealkylation sites (tertiary alicyclic amines) is 1. The molecule has 5 nitrogen and oxygen atoms in total. The predicted molar refractivity (Wildman–Crippen MR) is 45.7 cm³/mol. The maximum absolute atomic E-state index is 11.1. The third-order valence-corrected chi connectivity index (χ3v) is 1.98. The second kappa shape index (κ2) is 4.80. The van der Waals surface area contributed by atoms with Gasteiger partial charge >= 0.3 is 0 Å². The minimum absolute atomic E-state index is 0.0508. The summed E-state index contributed by atoms with van der Waals surface area (Å²) in [6.45, 7) is 1.63. The highest BCUT2D eigenvalue weighted by molar-refractivity contribution is 5.78. The van der Waals surface area contributed by atoms with Gasteiger partial charge in [0, 0.05) is 13.1 Å². The van der Waals surface area contributed by atoms with Crippen LogP contribution in [0.1, 0.15) is 6.42 Å². The van der Waals surface area contributed by atoms with Gasteiger partial charge in [0.25, 0.3) is 0 Å². The molecule has 1 atom stereocenters. The van der Waals surface area contributed by atoms with Crippen LogP contribution in [0.4, 0.5) is 0 Å². The van der Waals surface area contributed by atoms with Crippen molar-refractivity contribution in [3.8, 4) is 6.07 Å². The van der Waals surface area contributed by atoms with Crippen molar-refractivity contribution in [2.45, 2.75) is 12.5 Å². The monoisotopic (exact) mass is 183 g/mol. The summed E-state index contributed by atoms with van der Waals surface area (Å²) in [4.78, 5) is 13.0. The van der Waals surface area contributed by atoms with Crippen molar-refractivity contribution in [3.05, 3.63) is 0 Å². The first-order valence-electron chi connectivity index (χ1n) is 4.26. The molecule has 1 saturated heterocycles. The molecule has 0 aromatic heterocycles. The van der Waals surface area contributed by atoms with Crippen molar-refractivity contribution >= 4 is 5.91 Å². The molecular formula is C8H13N3O2. The van der Waals surface area contributed by atoms with E-state index in [2.05, 4.69) is 5.32 Å². The summed E-state index contributed by atoms with van der Waals surface area (Å²) < 4.78 is 0. The number of carbonyl (C=O) groups is 1. The number of nitrogens with zero attached hydrogens (tertiary/aromatic N) is 2. The van der Waals surface area contributed by atoms with Gasteiger partial charge in [-0.05, 0) is 6.42 Å². The Morgan fingerprint density at radius 3 is 3.08 bits per heavy atom. The molecule has 1 unspecified atom stereocenters. The lowest BCUT2D eigenvalue weighted by molar-refractivity contribution is -0.121. The number of β-amino-alcohol motifs (C(OH)–C–C–N with tert-alkyl or cyclic N) is 1. The number of nitrogens with one attached hydrogen (secondary N) is 1. The predicted octanol–water partition coefficient (Wildman–Crippen LogP) is -1.31. The van der Waals surface area contributed by atoms with Crippen molar-refractivity contribution in [2.24, 2.45) is 0 Å². The summed E-state index contributed by atoms with van der Waals surface area (Å²) in [6.07, 6.45) is 0.426. The first-order chi connectivity index (χ1) is 6.22. The van der Waals surface area contributed by atoms with Gasteiger partial charge in [-0.2, -0.15) is 5.26 Å². The van der Waals surface area contributed by atoms with Crippen molar-refractivity contribution in [1.29, 1.82) is 5.26 Å². The number of hydrogen-bond acceptors (Lipinski definition) is 4. The van der Waals surface area contributed by atoms with Crippen LogP contribution in [-0.4, -0.2) is 48.2 Å². The molecule has 1 fully saturated rings. The molecule has 5 heteroatoms. The molecule has 0 aromatic carbocycles. The standard InChI is InChI=1S/C8H13N3O2/c9-2-3-10-8(13)6-11-4-1-7(12)5-11/h7,12H,1,3-6H2,(H,10,13). The molecule has 0 saturated carbocycles. The molecule has 1 amide bonds. The normalized spacial score (nSPS) is 22.6. The largest absolute Gasteiger partial charge is 0.392 e. The second-order valence-corrected chi connectivity index (χ2v) is 3.11. The number of aliphatic hydroxyl groups is 1. The number of hydrogen-bond donors (Lipinski definition) is 2. The Hall–Kier alpha value is -1.12. The van der Waals surface area contributed by atoms with Crippen LogP contribution in [0.25, 0.3) is 0 Å². The van der Waals surface area contributed by atoms with Gasteiger partial charge in [-0.1, -0.05) is 0 Å². The van der Waals surface area contributed by atoms with Gasteiger partial charge in [0.2, 0.25) is 5.91 Å². The van der Waals surface area contributed by atoms with E-state index in [1.165, 1.54) is 0 Å². The highest BCUT2D eigenvalue weighted by atomic mass is 16.3. The zero-order valence-electron chi connectivity index (χ0n) is 7.36. The Kier molecular flexibility index (Phi) is 3.68. The van der Waals surface area contributed by atoms with Crippen LogP contribution in [0, 0.1) is 11.3 Å². The van der Waals surface area contributed by atoms with Crippen LogP contribution in [0.15, 0.2) is 0 Å². The van der Waals surface area contributed by atoms with Crippen LogP contribution < -0.4 is 5.32 Å². The van der Waals surface area contributed by atoms with E-state index >= 15 is 0 Å². The van der Waals surface area contributed by atoms with Gasteiger partial charge in [-0.3, -0.25) is 9.69 Å². The van der Waals surface area contributed by atoms with E-state index in [-0.39, 0.29) is 25.1 Å². The lowest BCUT2D eigenvalue weighted by Gasteiger charge is -2.13. The zero-order chi connectivity index (χ0) is 9.68. The Morgan fingerprint density at radius 2 is 2.54 bits per heavy atom. The maximum atomic E-state index is 11.1. The van der Waals surface area contributed by atoms with Crippen molar-refractivity contribution < 1.29 is 9.90 Å². The molecule has 0 radical (unpaired) electrons. The van der Waals surface area contributed by atoms with Crippen LogP contribution in [-0.2, 0) is 4.79 Å². The number of rotatable bonds is 3. The molecule has 13 heavy (non-hydrogen) atoms. The van der Waals surface area contributed by atoms with E-state index in [1.54, 1.807) is 0 Å². The van der Waals surface area contributed by atoms with Crippen LogP contribution >= 0.6 is 0 Å².